The Balaban J connectivity index is 2.05. The Kier molecular flexibility index (Phi) is 3.70. The SMILES string of the molecule is COc1cnc(NC2CC(C)(C)CC(C)(C)C2)nc1. The van der Waals surface area contributed by atoms with E-state index in [9.17, 15) is 0 Å². The lowest BCUT2D eigenvalue weighted by atomic mass is 9.63. The van der Waals surface area contributed by atoms with E-state index in [2.05, 4.69) is 43.0 Å². The third kappa shape index (κ3) is 3.82. The molecule has 4 heteroatoms. The topological polar surface area (TPSA) is 47.0 Å². The first-order valence-electron chi connectivity index (χ1n) is 6.92. The first-order chi connectivity index (χ1) is 8.80. The van der Waals surface area contributed by atoms with Crippen molar-refractivity contribution >= 4 is 5.95 Å². The number of anilines is 1. The van der Waals surface area contributed by atoms with Crippen LogP contribution in [0.1, 0.15) is 47.0 Å². The molecule has 1 fully saturated rings. The Morgan fingerprint density at radius 2 is 1.63 bits per heavy atom. The fraction of sp³-hybridized carbons (Fsp3) is 0.733. The number of nitrogens with zero attached hydrogens (tertiary/aromatic N) is 2. The van der Waals surface area contributed by atoms with Gasteiger partial charge in [-0.1, -0.05) is 27.7 Å². The molecule has 0 aliphatic heterocycles. The summed E-state index contributed by atoms with van der Waals surface area (Å²) in [7, 11) is 1.62. The molecule has 0 atom stereocenters. The molecule has 1 aromatic rings. The van der Waals surface area contributed by atoms with Gasteiger partial charge in [0.2, 0.25) is 5.95 Å². The maximum absolute atomic E-state index is 5.07. The average Bonchev–Trinajstić information content (AvgIpc) is 2.25. The van der Waals surface area contributed by atoms with Gasteiger partial charge in [0.1, 0.15) is 0 Å². The van der Waals surface area contributed by atoms with E-state index in [-0.39, 0.29) is 0 Å². The summed E-state index contributed by atoms with van der Waals surface area (Å²) in [5.41, 5.74) is 0.734. The molecule has 1 saturated carbocycles. The molecule has 0 spiro atoms. The molecule has 1 aliphatic carbocycles. The predicted octanol–water partition coefficient (Wildman–Crippen LogP) is 3.50. The summed E-state index contributed by atoms with van der Waals surface area (Å²) in [4.78, 5) is 8.58. The van der Waals surface area contributed by atoms with Crippen molar-refractivity contribution in [1.29, 1.82) is 0 Å². The maximum atomic E-state index is 5.07. The summed E-state index contributed by atoms with van der Waals surface area (Å²) in [6.45, 7) is 9.38. The highest BCUT2D eigenvalue weighted by Crippen LogP contribution is 2.46. The molecule has 0 aromatic carbocycles. The van der Waals surface area contributed by atoms with E-state index < -0.39 is 0 Å². The van der Waals surface area contributed by atoms with Gasteiger partial charge >= 0.3 is 0 Å². The van der Waals surface area contributed by atoms with E-state index in [4.69, 9.17) is 4.74 Å². The van der Waals surface area contributed by atoms with Crippen molar-refractivity contribution in [1.82, 2.24) is 9.97 Å². The monoisotopic (exact) mass is 263 g/mol. The van der Waals surface area contributed by atoms with Gasteiger partial charge in [-0.05, 0) is 30.1 Å². The van der Waals surface area contributed by atoms with Gasteiger partial charge in [0.05, 0.1) is 19.5 Å². The van der Waals surface area contributed by atoms with Gasteiger partial charge in [0.15, 0.2) is 5.75 Å². The molecule has 0 radical (unpaired) electrons. The summed E-state index contributed by atoms with van der Waals surface area (Å²) in [6.07, 6.45) is 6.99. The number of ether oxygens (including phenoxy) is 1. The molecule has 2 rings (SSSR count). The quantitative estimate of drug-likeness (QED) is 0.906. The number of hydrogen-bond donors (Lipinski definition) is 1. The minimum absolute atomic E-state index is 0.367. The number of rotatable bonds is 3. The minimum atomic E-state index is 0.367. The van der Waals surface area contributed by atoms with Crippen molar-refractivity contribution in [3.63, 3.8) is 0 Å². The highest BCUT2D eigenvalue weighted by atomic mass is 16.5. The molecule has 0 saturated heterocycles. The van der Waals surface area contributed by atoms with E-state index in [0.29, 0.717) is 28.6 Å². The van der Waals surface area contributed by atoms with Crippen molar-refractivity contribution in [3.05, 3.63) is 12.4 Å². The largest absolute Gasteiger partial charge is 0.494 e. The number of nitrogens with one attached hydrogen (secondary N) is 1. The third-order valence-electron chi connectivity index (χ3n) is 3.75. The zero-order valence-electron chi connectivity index (χ0n) is 12.7. The van der Waals surface area contributed by atoms with Gasteiger partial charge in [-0.2, -0.15) is 0 Å². The number of methoxy groups -OCH3 is 1. The zero-order valence-corrected chi connectivity index (χ0v) is 12.7. The fourth-order valence-corrected chi connectivity index (χ4v) is 3.63. The van der Waals surface area contributed by atoms with Crippen LogP contribution in [0.4, 0.5) is 5.95 Å². The summed E-state index contributed by atoms with van der Waals surface area (Å²) < 4.78 is 5.07. The normalized spacial score (nSPS) is 21.9. The zero-order chi connectivity index (χ0) is 14.1. The molecular formula is C15H25N3O. The van der Waals surface area contributed by atoms with Gasteiger partial charge in [-0.3, -0.25) is 0 Å². The molecular weight excluding hydrogens is 238 g/mol. The van der Waals surface area contributed by atoms with Gasteiger partial charge < -0.3 is 10.1 Å². The van der Waals surface area contributed by atoms with Crippen LogP contribution in [0.3, 0.4) is 0 Å². The molecule has 19 heavy (non-hydrogen) atoms. The smallest absolute Gasteiger partial charge is 0.223 e. The van der Waals surface area contributed by atoms with E-state index >= 15 is 0 Å². The lowest BCUT2D eigenvalue weighted by Crippen LogP contribution is -2.40. The molecule has 0 bridgehead atoms. The Morgan fingerprint density at radius 1 is 1.11 bits per heavy atom. The van der Waals surface area contributed by atoms with E-state index in [1.54, 1.807) is 19.5 Å². The first-order valence-corrected chi connectivity index (χ1v) is 6.92. The molecule has 1 aliphatic rings. The number of aromatic nitrogens is 2. The van der Waals surface area contributed by atoms with E-state index in [1.807, 2.05) is 0 Å². The standard InChI is InChI=1S/C15H25N3O/c1-14(2)6-11(7-15(3,4)10-14)18-13-16-8-12(19-5)9-17-13/h8-9,11H,6-7,10H2,1-5H3,(H,16,17,18). The summed E-state index contributed by atoms with van der Waals surface area (Å²) in [5.74, 6) is 1.38. The van der Waals surface area contributed by atoms with E-state index in [0.717, 1.165) is 12.8 Å². The van der Waals surface area contributed by atoms with Crippen LogP contribution in [0.15, 0.2) is 12.4 Å². The van der Waals surface area contributed by atoms with Crippen molar-refractivity contribution in [2.24, 2.45) is 10.8 Å². The van der Waals surface area contributed by atoms with Crippen molar-refractivity contribution in [2.75, 3.05) is 12.4 Å². The fourth-order valence-electron chi connectivity index (χ4n) is 3.63. The predicted molar refractivity (Wildman–Crippen MR) is 77.4 cm³/mol. The van der Waals surface area contributed by atoms with Crippen LogP contribution in [-0.4, -0.2) is 23.1 Å². The lowest BCUT2D eigenvalue weighted by Gasteiger charge is -2.45. The van der Waals surface area contributed by atoms with Crippen LogP contribution in [0.2, 0.25) is 0 Å². The molecule has 0 amide bonds. The average molecular weight is 263 g/mol. The second-order valence-electron chi connectivity index (χ2n) is 7.20. The molecule has 1 heterocycles. The summed E-state index contributed by atoms with van der Waals surface area (Å²) >= 11 is 0. The lowest BCUT2D eigenvalue weighted by molar-refractivity contribution is 0.105. The Hall–Kier alpha value is -1.32. The van der Waals surface area contributed by atoms with Crippen molar-refractivity contribution in [3.8, 4) is 5.75 Å². The Morgan fingerprint density at radius 3 is 2.11 bits per heavy atom. The molecule has 1 N–H and O–H groups in total. The van der Waals surface area contributed by atoms with Gasteiger partial charge in [-0.15, -0.1) is 0 Å². The minimum Gasteiger partial charge on any atom is -0.494 e. The third-order valence-corrected chi connectivity index (χ3v) is 3.75. The van der Waals surface area contributed by atoms with Crippen LogP contribution in [0, 0.1) is 10.8 Å². The van der Waals surface area contributed by atoms with E-state index in [1.165, 1.54) is 6.42 Å². The molecule has 106 valence electrons. The molecule has 4 nitrogen and oxygen atoms in total. The van der Waals surface area contributed by atoms with Crippen LogP contribution >= 0.6 is 0 Å². The summed E-state index contributed by atoms with van der Waals surface area (Å²) in [6, 6.07) is 0.437. The first kappa shape index (κ1) is 14.1. The van der Waals surface area contributed by atoms with Crippen molar-refractivity contribution < 1.29 is 4.74 Å². The van der Waals surface area contributed by atoms with Crippen LogP contribution in [0.25, 0.3) is 0 Å². The van der Waals surface area contributed by atoms with Crippen LogP contribution < -0.4 is 10.1 Å². The van der Waals surface area contributed by atoms with Gasteiger partial charge in [0.25, 0.3) is 0 Å². The second-order valence-corrected chi connectivity index (χ2v) is 7.20. The summed E-state index contributed by atoms with van der Waals surface area (Å²) in [5, 5.41) is 3.47. The number of hydrogen-bond acceptors (Lipinski definition) is 4. The van der Waals surface area contributed by atoms with Gasteiger partial charge in [-0.25, -0.2) is 9.97 Å². The Labute approximate surface area is 116 Å². The van der Waals surface area contributed by atoms with Gasteiger partial charge in [0, 0.05) is 6.04 Å². The van der Waals surface area contributed by atoms with Crippen molar-refractivity contribution in [2.45, 2.75) is 53.0 Å². The van der Waals surface area contributed by atoms with Crippen LogP contribution in [0.5, 0.6) is 5.75 Å². The maximum Gasteiger partial charge on any atom is 0.223 e. The molecule has 0 unspecified atom stereocenters. The highest BCUT2D eigenvalue weighted by Gasteiger charge is 2.38. The second kappa shape index (κ2) is 4.99. The Bertz CT molecular complexity index is 410. The highest BCUT2D eigenvalue weighted by molar-refractivity contribution is 5.29. The molecule has 1 aromatic heterocycles. The van der Waals surface area contributed by atoms with Crippen LogP contribution in [-0.2, 0) is 0 Å².